The van der Waals surface area contributed by atoms with Crippen LogP contribution >= 0.6 is 11.7 Å². The fourth-order valence-corrected chi connectivity index (χ4v) is 4.92. The summed E-state index contributed by atoms with van der Waals surface area (Å²) in [6.07, 6.45) is 1.10. The van der Waals surface area contributed by atoms with Gasteiger partial charge in [-0.15, -0.1) is 0 Å². The molecule has 2 heterocycles. The predicted octanol–water partition coefficient (Wildman–Crippen LogP) is 1.02. The lowest BCUT2D eigenvalue weighted by molar-refractivity contribution is -0.144. The van der Waals surface area contributed by atoms with E-state index >= 15 is 0 Å². The number of carbonyl (C=O) groups excluding carboxylic acids is 1. The van der Waals surface area contributed by atoms with Crippen LogP contribution in [0.5, 0.6) is 0 Å². The van der Waals surface area contributed by atoms with Crippen molar-refractivity contribution in [2.75, 3.05) is 13.7 Å². The van der Waals surface area contributed by atoms with Crippen molar-refractivity contribution in [3.8, 4) is 0 Å². The molecule has 3 rings (SSSR count). The molecule has 1 aromatic heterocycles. The summed E-state index contributed by atoms with van der Waals surface area (Å²) >= 11 is 0.963. The first-order chi connectivity index (χ1) is 10.1. The van der Waals surface area contributed by atoms with Crippen LogP contribution in [0.4, 0.5) is 0 Å². The number of nitrogens with zero attached hydrogens (tertiary/aromatic N) is 3. The molecule has 0 N–H and O–H groups in total. The van der Waals surface area contributed by atoms with Crippen molar-refractivity contribution < 1.29 is 17.9 Å². The molecule has 1 aliphatic rings. The Balaban J connectivity index is 2.08. The van der Waals surface area contributed by atoms with E-state index in [9.17, 15) is 13.2 Å². The third-order valence-corrected chi connectivity index (χ3v) is 5.99. The van der Waals surface area contributed by atoms with Crippen molar-refractivity contribution in [1.29, 1.82) is 0 Å². The first-order valence-corrected chi connectivity index (χ1v) is 8.53. The maximum absolute atomic E-state index is 12.8. The minimum absolute atomic E-state index is 0.0875. The number of rotatable bonds is 3. The normalized spacial score (nSPS) is 20.0. The van der Waals surface area contributed by atoms with Gasteiger partial charge in [-0.25, -0.2) is 8.42 Å². The average molecular weight is 327 g/mol. The Kier molecular flexibility index (Phi) is 3.64. The highest BCUT2D eigenvalue weighted by Crippen LogP contribution is 2.30. The number of esters is 1. The molecular formula is C12H13N3O4S2. The Morgan fingerprint density at radius 3 is 3.00 bits per heavy atom. The molecule has 7 nitrogen and oxygen atoms in total. The van der Waals surface area contributed by atoms with Gasteiger partial charge >= 0.3 is 5.97 Å². The molecule has 9 heteroatoms. The van der Waals surface area contributed by atoms with Gasteiger partial charge in [0.15, 0.2) is 0 Å². The highest BCUT2D eigenvalue weighted by molar-refractivity contribution is 7.89. The summed E-state index contributed by atoms with van der Waals surface area (Å²) in [5.41, 5.74) is 0.882. The zero-order valence-corrected chi connectivity index (χ0v) is 12.9. The summed E-state index contributed by atoms with van der Waals surface area (Å²) in [6, 6.07) is 4.06. The van der Waals surface area contributed by atoms with Gasteiger partial charge in [0.1, 0.15) is 22.0 Å². The van der Waals surface area contributed by atoms with E-state index in [2.05, 4.69) is 8.75 Å². The lowest BCUT2D eigenvalue weighted by atomic mass is 10.2. The molecular weight excluding hydrogens is 314 g/mol. The number of fused-ring (bicyclic) bond motifs is 1. The van der Waals surface area contributed by atoms with Crippen LogP contribution in [-0.4, -0.2) is 47.1 Å². The van der Waals surface area contributed by atoms with Crippen molar-refractivity contribution >= 4 is 38.8 Å². The quantitative estimate of drug-likeness (QED) is 0.782. The zero-order chi connectivity index (χ0) is 15.0. The van der Waals surface area contributed by atoms with Crippen LogP contribution in [-0.2, 0) is 19.6 Å². The number of methoxy groups -OCH3 is 1. The number of hydrogen-bond donors (Lipinski definition) is 0. The van der Waals surface area contributed by atoms with Gasteiger partial charge in [0.25, 0.3) is 0 Å². The molecule has 0 aliphatic carbocycles. The number of aromatic nitrogens is 2. The molecule has 0 bridgehead atoms. The van der Waals surface area contributed by atoms with Crippen LogP contribution in [0, 0.1) is 0 Å². The first kappa shape index (κ1) is 14.4. The van der Waals surface area contributed by atoms with Gasteiger partial charge in [0.2, 0.25) is 10.0 Å². The van der Waals surface area contributed by atoms with E-state index in [1.807, 2.05) is 0 Å². The van der Waals surface area contributed by atoms with E-state index in [4.69, 9.17) is 4.74 Å². The SMILES string of the molecule is COC(=O)[C@@H]1CCCN1S(=O)(=O)c1cccc2nsnc12. The Labute approximate surface area is 125 Å². The lowest BCUT2D eigenvalue weighted by Gasteiger charge is -2.22. The Morgan fingerprint density at radius 1 is 1.43 bits per heavy atom. The fourth-order valence-electron chi connectivity index (χ4n) is 2.52. The average Bonchev–Trinajstić information content (AvgIpc) is 3.14. The van der Waals surface area contributed by atoms with E-state index in [1.165, 1.54) is 17.5 Å². The predicted molar refractivity (Wildman–Crippen MR) is 76.3 cm³/mol. The van der Waals surface area contributed by atoms with E-state index in [1.54, 1.807) is 12.1 Å². The van der Waals surface area contributed by atoms with Crippen molar-refractivity contribution in [2.45, 2.75) is 23.8 Å². The minimum atomic E-state index is -3.80. The largest absolute Gasteiger partial charge is 0.468 e. The Hall–Kier alpha value is -1.58. The van der Waals surface area contributed by atoms with Crippen molar-refractivity contribution in [2.24, 2.45) is 0 Å². The molecule has 1 aromatic carbocycles. The smallest absolute Gasteiger partial charge is 0.324 e. The monoisotopic (exact) mass is 327 g/mol. The second kappa shape index (κ2) is 5.32. The number of carbonyl (C=O) groups is 1. The van der Waals surface area contributed by atoms with Gasteiger partial charge in [-0.2, -0.15) is 13.1 Å². The van der Waals surface area contributed by atoms with E-state index in [-0.39, 0.29) is 4.90 Å². The summed E-state index contributed by atoms with van der Waals surface area (Å²) in [5.74, 6) is -0.528. The molecule has 0 unspecified atom stereocenters. The highest BCUT2D eigenvalue weighted by Gasteiger charge is 2.41. The minimum Gasteiger partial charge on any atom is -0.468 e. The van der Waals surface area contributed by atoms with Gasteiger partial charge in [-0.3, -0.25) is 4.79 Å². The van der Waals surface area contributed by atoms with Gasteiger partial charge < -0.3 is 4.74 Å². The summed E-state index contributed by atoms with van der Waals surface area (Å²) in [6.45, 7) is 0.302. The molecule has 2 aromatic rings. The molecule has 0 amide bonds. The summed E-state index contributed by atoms with van der Waals surface area (Å²) in [7, 11) is -2.54. The summed E-state index contributed by atoms with van der Waals surface area (Å²) in [5, 5.41) is 0. The molecule has 1 aliphatic heterocycles. The number of sulfonamides is 1. The molecule has 0 saturated carbocycles. The van der Waals surface area contributed by atoms with Crippen LogP contribution in [0.1, 0.15) is 12.8 Å². The van der Waals surface area contributed by atoms with Crippen LogP contribution in [0.3, 0.4) is 0 Å². The number of hydrogen-bond acceptors (Lipinski definition) is 7. The van der Waals surface area contributed by atoms with Crippen LogP contribution < -0.4 is 0 Å². The number of ether oxygens (including phenoxy) is 1. The third kappa shape index (κ3) is 2.30. The summed E-state index contributed by atoms with van der Waals surface area (Å²) in [4.78, 5) is 11.8. The molecule has 1 saturated heterocycles. The fraction of sp³-hybridized carbons (Fsp3) is 0.417. The van der Waals surface area contributed by atoms with Gasteiger partial charge in [0, 0.05) is 6.54 Å². The molecule has 1 atom stereocenters. The Bertz CT molecular complexity index is 787. The molecule has 112 valence electrons. The second-order valence-corrected chi connectivity index (χ2v) is 7.07. The lowest BCUT2D eigenvalue weighted by Crippen LogP contribution is -2.41. The van der Waals surface area contributed by atoms with E-state index in [0.29, 0.717) is 30.4 Å². The van der Waals surface area contributed by atoms with Crippen LogP contribution in [0.15, 0.2) is 23.1 Å². The van der Waals surface area contributed by atoms with Crippen LogP contribution in [0.2, 0.25) is 0 Å². The third-order valence-electron chi connectivity index (χ3n) is 3.51. The van der Waals surface area contributed by atoms with E-state index < -0.39 is 22.0 Å². The van der Waals surface area contributed by atoms with Gasteiger partial charge in [0.05, 0.1) is 18.8 Å². The zero-order valence-electron chi connectivity index (χ0n) is 11.2. The van der Waals surface area contributed by atoms with Gasteiger partial charge in [-0.05, 0) is 25.0 Å². The first-order valence-electron chi connectivity index (χ1n) is 6.36. The molecule has 0 radical (unpaired) electrons. The van der Waals surface area contributed by atoms with E-state index in [0.717, 1.165) is 11.7 Å². The molecule has 21 heavy (non-hydrogen) atoms. The topological polar surface area (TPSA) is 89.5 Å². The second-order valence-electron chi connectivity index (χ2n) is 4.69. The van der Waals surface area contributed by atoms with Crippen molar-refractivity contribution in [3.63, 3.8) is 0 Å². The van der Waals surface area contributed by atoms with Crippen molar-refractivity contribution in [3.05, 3.63) is 18.2 Å². The standard InChI is InChI=1S/C12H13N3O4S2/c1-19-12(16)9-5-3-7-15(9)21(17,18)10-6-2-4-8-11(10)14-20-13-8/h2,4,6,9H,3,5,7H2,1H3/t9-/m0/s1. The van der Waals surface area contributed by atoms with Crippen LogP contribution in [0.25, 0.3) is 11.0 Å². The maximum Gasteiger partial charge on any atom is 0.324 e. The maximum atomic E-state index is 12.8. The number of benzene rings is 1. The highest BCUT2D eigenvalue weighted by atomic mass is 32.2. The molecule has 0 spiro atoms. The summed E-state index contributed by atoms with van der Waals surface area (Å²) < 4.78 is 39.7. The Morgan fingerprint density at radius 2 is 2.24 bits per heavy atom. The van der Waals surface area contributed by atoms with Crippen molar-refractivity contribution in [1.82, 2.24) is 13.1 Å². The molecule has 1 fully saturated rings. The van der Waals surface area contributed by atoms with Gasteiger partial charge in [-0.1, -0.05) is 6.07 Å².